The smallest absolute Gasteiger partial charge is 0.220 e. The molecule has 15 heavy (non-hydrogen) atoms. The highest BCUT2D eigenvalue weighted by Crippen LogP contribution is 2.25. The van der Waals surface area contributed by atoms with Gasteiger partial charge in [0.1, 0.15) is 5.75 Å². The number of benzene rings is 1. The highest BCUT2D eigenvalue weighted by molar-refractivity contribution is 6.32. The summed E-state index contributed by atoms with van der Waals surface area (Å²) in [5.41, 5.74) is 5.41. The summed E-state index contributed by atoms with van der Waals surface area (Å²) in [5, 5.41) is 8.94. The fourth-order valence-electron chi connectivity index (χ4n) is 0.949. The highest BCUT2D eigenvalue weighted by atomic mass is 35.5. The molecule has 0 atom stereocenters. The van der Waals surface area contributed by atoms with Crippen molar-refractivity contribution in [1.82, 2.24) is 0 Å². The number of carbonyl (C=O) groups excluding carboxylic acids is 1. The molecule has 0 saturated heterocycles. The number of nitrogens with two attached hydrogens (primary N) is 1. The molecule has 78 valence electrons. The van der Waals surface area contributed by atoms with E-state index in [-0.39, 0.29) is 13.0 Å². The van der Waals surface area contributed by atoms with Gasteiger partial charge in [0.2, 0.25) is 5.91 Å². The van der Waals surface area contributed by atoms with Crippen LogP contribution in [0.1, 0.15) is 12.0 Å². The molecule has 0 radical (unpaired) electrons. The first kappa shape index (κ1) is 11.3. The molecule has 0 aromatic heterocycles. The van der Waals surface area contributed by atoms with Crippen LogP contribution in [0.3, 0.4) is 0 Å². The third-order valence-corrected chi connectivity index (χ3v) is 1.96. The summed E-state index contributed by atoms with van der Waals surface area (Å²) in [4.78, 5) is 10.4. The quantitative estimate of drug-likeness (QED) is 0.841. The Morgan fingerprint density at radius 3 is 2.87 bits per heavy atom. The molecular formula is C10H9ClN2O2. The van der Waals surface area contributed by atoms with Gasteiger partial charge in [-0.15, -0.1) is 0 Å². The SMILES string of the molecule is N#Cc1ccc(OCCC(N)=O)c(Cl)c1. The minimum atomic E-state index is -0.431. The predicted molar refractivity (Wildman–Crippen MR) is 55.5 cm³/mol. The van der Waals surface area contributed by atoms with Gasteiger partial charge in [-0.05, 0) is 18.2 Å². The zero-order valence-corrected chi connectivity index (χ0v) is 8.62. The Kier molecular flexibility index (Phi) is 3.95. The van der Waals surface area contributed by atoms with E-state index in [1.54, 1.807) is 12.1 Å². The van der Waals surface area contributed by atoms with Gasteiger partial charge in [0, 0.05) is 0 Å². The Morgan fingerprint density at radius 2 is 2.33 bits per heavy atom. The molecule has 0 fully saturated rings. The number of rotatable bonds is 4. The molecule has 4 nitrogen and oxygen atoms in total. The average Bonchev–Trinajstić information content (AvgIpc) is 2.20. The number of hydrogen-bond acceptors (Lipinski definition) is 3. The van der Waals surface area contributed by atoms with E-state index in [9.17, 15) is 4.79 Å². The lowest BCUT2D eigenvalue weighted by Crippen LogP contribution is -2.14. The first-order valence-electron chi connectivity index (χ1n) is 4.24. The van der Waals surface area contributed by atoms with Crippen LogP contribution in [0, 0.1) is 11.3 Å². The van der Waals surface area contributed by atoms with Crippen molar-refractivity contribution >= 4 is 17.5 Å². The van der Waals surface area contributed by atoms with E-state index >= 15 is 0 Å². The Labute approximate surface area is 92.2 Å². The van der Waals surface area contributed by atoms with E-state index in [2.05, 4.69) is 0 Å². The van der Waals surface area contributed by atoms with Crippen molar-refractivity contribution < 1.29 is 9.53 Å². The topological polar surface area (TPSA) is 76.1 Å². The van der Waals surface area contributed by atoms with Gasteiger partial charge in [0.05, 0.1) is 29.7 Å². The summed E-state index contributed by atoms with van der Waals surface area (Å²) in [7, 11) is 0. The van der Waals surface area contributed by atoms with E-state index in [1.807, 2.05) is 6.07 Å². The zero-order valence-electron chi connectivity index (χ0n) is 7.87. The second kappa shape index (κ2) is 5.23. The Bertz CT molecular complexity index is 412. The van der Waals surface area contributed by atoms with Gasteiger partial charge in [-0.2, -0.15) is 5.26 Å². The fraction of sp³-hybridized carbons (Fsp3) is 0.200. The first-order valence-corrected chi connectivity index (χ1v) is 4.62. The van der Waals surface area contributed by atoms with Crippen LogP contribution in [0.5, 0.6) is 5.75 Å². The lowest BCUT2D eigenvalue weighted by Gasteiger charge is -2.06. The molecule has 0 saturated carbocycles. The molecule has 0 unspecified atom stereocenters. The van der Waals surface area contributed by atoms with Gasteiger partial charge in [-0.1, -0.05) is 11.6 Å². The fourth-order valence-corrected chi connectivity index (χ4v) is 1.18. The summed E-state index contributed by atoms with van der Waals surface area (Å²) >= 11 is 5.83. The van der Waals surface area contributed by atoms with Crippen LogP contribution < -0.4 is 10.5 Å². The monoisotopic (exact) mass is 224 g/mol. The normalized spacial score (nSPS) is 9.33. The lowest BCUT2D eigenvalue weighted by atomic mass is 10.2. The Hall–Kier alpha value is -1.73. The number of amides is 1. The molecular weight excluding hydrogens is 216 g/mol. The van der Waals surface area contributed by atoms with E-state index in [1.165, 1.54) is 6.07 Å². The van der Waals surface area contributed by atoms with Gasteiger partial charge in [0.25, 0.3) is 0 Å². The second-order valence-corrected chi connectivity index (χ2v) is 3.23. The molecule has 0 aliphatic carbocycles. The highest BCUT2D eigenvalue weighted by Gasteiger charge is 2.03. The van der Waals surface area contributed by atoms with Crippen molar-refractivity contribution in [2.45, 2.75) is 6.42 Å². The number of carbonyl (C=O) groups is 1. The summed E-state index contributed by atoms with van der Waals surface area (Å²) < 4.78 is 5.20. The summed E-state index contributed by atoms with van der Waals surface area (Å²) in [6, 6.07) is 6.63. The van der Waals surface area contributed by atoms with Gasteiger partial charge >= 0.3 is 0 Å². The van der Waals surface area contributed by atoms with Gasteiger partial charge < -0.3 is 10.5 Å². The third-order valence-electron chi connectivity index (χ3n) is 1.67. The summed E-state index contributed by atoms with van der Waals surface area (Å²) in [5.74, 6) is 0.0108. The lowest BCUT2D eigenvalue weighted by molar-refractivity contribution is -0.118. The van der Waals surface area contributed by atoms with E-state index in [0.29, 0.717) is 16.3 Å². The molecule has 2 N–H and O–H groups in total. The largest absolute Gasteiger partial charge is 0.491 e. The van der Waals surface area contributed by atoms with Crippen LogP contribution in [0.2, 0.25) is 5.02 Å². The standard InChI is InChI=1S/C10H9ClN2O2/c11-8-5-7(6-12)1-2-9(8)15-4-3-10(13)14/h1-2,5H,3-4H2,(H2,13,14). The average molecular weight is 225 g/mol. The van der Waals surface area contributed by atoms with Crippen LogP contribution in [0.25, 0.3) is 0 Å². The van der Waals surface area contributed by atoms with E-state index in [4.69, 9.17) is 27.3 Å². The number of primary amides is 1. The van der Waals surface area contributed by atoms with Crippen LogP contribution in [0.4, 0.5) is 0 Å². The van der Waals surface area contributed by atoms with Gasteiger partial charge in [0.15, 0.2) is 0 Å². The van der Waals surface area contributed by atoms with Crippen molar-refractivity contribution in [3.05, 3.63) is 28.8 Å². The summed E-state index contributed by atoms with van der Waals surface area (Å²) in [6.07, 6.45) is 0.135. The van der Waals surface area contributed by atoms with Crippen molar-refractivity contribution in [2.75, 3.05) is 6.61 Å². The minimum Gasteiger partial charge on any atom is -0.491 e. The third kappa shape index (κ3) is 3.49. The zero-order chi connectivity index (χ0) is 11.3. The van der Waals surface area contributed by atoms with E-state index in [0.717, 1.165) is 0 Å². The number of ether oxygens (including phenoxy) is 1. The van der Waals surface area contributed by atoms with Crippen molar-refractivity contribution in [1.29, 1.82) is 5.26 Å². The minimum absolute atomic E-state index is 0.135. The van der Waals surface area contributed by atoms with Gasteiger partial charge in [-0.25, -0.2) is 0 Å². The summed E-state index contributed by atoms with van der Waals surface area (Å²) in [6.45, 7) is 0.182. The number of nitriles is 1. The van der Waals surface area contributed by atoms with Crippen LogP contribution in [0.15, 0.2) is 18.2 Å². The molecule has 0 aliphatic rings. The molecule has 0 heterocycles. The molecule has 1 aromatic carbocycles. The maximum Gasteiger partial charge on any atom is 0.220 e. The molecule has 1 amide bonds. The molecule has 0 spiro atoms. The van der Waals surface area contributed by atoms with Crippen molar-refractivity contribution in [3.8, 4) is 11.8 Å². The molecule has 0 aliphatic heterocycles. The van der Waals surface area contributed by atoms with Gasteiger partial charge in [-0.3, -0.25) is 4.79 Å². The Balaban J connectivity index is 2.63. The second-order valence-electron chi connectivity index (χ2n) is 2.82. The van der Waals surface area contributed by atoms with Crippen LogP contribution in [-0.4, -0.2) is 12.5 Å². The first-order chi connectivity index (χ1) is 7.13. The number of halogens is 1. The number of nitrogens with zero attached hydrogens (tertiary/aromatic N) is 1. The molecule has 5 heteroatoms. The van der Waals surface area contributed by atoms with Crippen LogP contribution >= 0.6 is 11.6 Å². The molecule has 1 rings (SSSR count). The van der Waals surface area contributed by atoms with Crippen molar-refractivity contribution in [2.24, 2.45) is 5.73 Å². The van der Waals surface area contributed by atoms with Crippen molar-refractivity contribution in [3.63, 3.8) is 0 Å². The molecule has 0 bridgehead atoms. The maximum absolute atomic E-state index is 10.4. The van der Waals surface area contributed by atoms with E-state index < -0.39 is 5.91 Å². The molecule has 1 aromatic rings. The van der Waals surface area contributed by atoms with Crippen LogP contribution in [-0.2, 0) is 4.79 Å². The number of hydrogen-bond donors (Lipinski definition) is 1. The predicted octanol–water partition coefficient (Wildman–Crippen LogP) is 1.47. The Morgan fingerprint density at radius 1 is 1.60 bits per heavy atom. The maximum atomic E-state index is 10.4.